The minimum atomic E-state index is -4.44. The molecule has 0 aliphatic heterocycles. The van der Waals surface area contributed by atoms with Crippen LogP contribution < -0.4 is 10.6 Å². The summed E-state index contributed by atoms with van der Waals surface area (Å²) in [6, 6.07) is 4.99. The minimum Gasteiger partial charge on any atom is -0.357 e. The van der Waals surface area contributed by atoms with Crippen molar-refractivity contribution < 1.29 is 18.0 Å². The van der Waals surface area contributed by atoms with Crippen LogP contribution in [-0.4, -0.2) is 27.9 Å². The van der Waals surface area contributed by atoms with Crippen LogP contribution in [0.4, 0.5) is 24.0 Å². The number of rotatable bonds is 6. The SMILES string of the molecule is O=C(CSc1nnc(NC2CCCCC2)s1)Nc1cccc(C(F)(F)F)c1. The molecular formula is C17H19F3N4OS2. The lowest BCUT2D eigenvalue weighted by atomic mass is 9.96. The average Bonchev–Trinajstić information content (AvgIpc) is 3.08. The van der Waals surface area contributed by atoms with Crippen LogP contribution in [0.25, 0.3) is 0 Å². The third-order valence-corrected chi connectivity index (χ3v) is 6.13. The number of carbonyl (C=O) groups is 1. The van der Waals surface area contributed by atoms with Crippen LogP contribution in [0.15, 0.2) is 28.6 Å². The Morgan fingerprint density at radius 1 is 1.22 bits per heavy atom. The molecule has 1 heterocycles. The number of aromatic nitrogens is 2. The normalized spacial score (nSPS) is 15.5. The van der Waals surface area contributed by atoms with Gasteiger partial charge in [0.1, 0.15) is 0 Å². The summed E-state index contributed by atoms with van der Waals surface area (Å²) in [6.45, 7) is 0. The highest BCUT2D eigenvalue weighted by Gasteiger charge is 2.30. The first-order valence-corrected chi connectivity index (χ1v) is 10.4. The Bertz CT molecular complexity index is 776. The zero-order valence-corrected chi connectivity index (χ0v) is 16.0. The number of alkyl halides is 3. The zero-order valence-electron chi connectivity index (χ0n) is 14.4. The molecule has 2 N–H and O–H groups in total. The maximum absolute atomic E-state index is 12.7. The quantitative estimate of drug-likeness (QED) is 0.647. The van der Waals surface area contributed by atoms with Gasteiger partial charge in [0.05, 0.1) is 11.3 Å². The molecule has 1 aliphatic carbocycles. The predicted octanol–water partition coefficient (Wildman–Crippen LogP) is 5.03. The first-order valence-electron chi connectivity index (χ1n) is 8.60. The lowest BCUT2D eigenvalue weighted by Crippen LogP contribution is -2.21. The smallest absolute Gasteiger partial charge is 0.357 e. The fraction of sp³-hybridized carbons (Fsp3) is 0.471. The van der Waals surface area contributed by atoms with Gasteiger partial charge in [-0.25, -0.2) is 0 Å². The first-order chi connectivity index (χ1) is 12.9. The molecule has 0 atom stereocenters. The van der Waals surface area contributed by atoms with E-state index in [1.54, 1.807) is 0 Å². The van der Waals surface area contributed by atoms with E-state index in [-0.39, 0.29) is 11.4 Å². The summed E-state index contributed by atoms with van der Waals surface area (Å²) in [4.78, 5) is 12.0. The third kappa shape index (κ3) is 6.10. The van der Waals surface area contributed by atoms with Gasteiger partial charge in [-0.05, 0) is 31.0 Å². The highest BCUT2D eigenvalue weighted by molar-refractivity contribution is 8.01. The Kier molecular flexibility index (Phi) is 6.59. The summed E-state index contributed by atoms with van der Waals surface area (Å²) in [5, 5.41) is 14.7. The van der Waals surface area contributed by atoms with E-state index in [0.717, 1.165) is 30.1 Å². The molecule has 3 rings (SSSR count). The second-order valence-electron chi connectivity index (χ2n) is 6.27. The van der Waals surface area contributed by atoms with Gasteiger partial charge in [0.15, 0.2) is 4.34 Å². The molecule has 0 radical (unpaired) electrons. The Balaban J connectivity index is 1.48. The van der Waals surface area contributed by atoms with Gasteiger partial charge in [0.2, 0.25) is 11.0 Å². The number of amides is 1. The van der Waals surface area contributed by atoms with Crippen molar-refractivity contribution in [2.75, 3.05) is 16.4 Å². The van der Waals surface area contributed by atoms with Crippen molar-refractivity contribution in [1.82, 2.24) is 10.2 Å². The number of benzene rings is 1. The number of thioether (sulfide) groups is 1. The van der Waals surface area contributed by atoms with Crippen molar-refractivity contribution in [3.63, 3.8) is 0 Å². The summed E-state index contributed by atoms with van der Waals surface area (Å²) < 4.78 is 38.8. The molecule has 0 saturated heterocycles. The molecule has 1 aromatic carbocycles. The third-order valence-electron chi connectivity index (χ3n) is 4.14. The van der Waals surface area contributed by atoms with Gasteiger partial charge in [-0.2, -0.15) is 13.2 Å². The van der Waals surface area contributed by atoms with Gasteiger partial charge in [0, 0.05) is 11.7 Å². The molecule has 1 aliphatic rings. The average molecular weight is 416 g/mol. The topological polar surface area (TPSA) is 66.9 Å². The number of nitrogens with zero attached hydrogens (tertiary/aromatic N) is 2. The molecule has 146 valence electrons. The van der Waals surface area contributed by atoms with Crippen LogP contribution in [0.1, 0.15) is 37.7 Å². The van der Waals surface area contributed by atoms with E-state index >= 15 is 0 Å². The zero-order chi connectivity index (χ0) is 19.3. The van der Waals surface area contributed by atoms with Gasteiger partial charge >= 0.3 is 6.18 Å². The standard InChI is InChI=1S/C17H19F3N4OS2/c18-17(19,20)11-5-4-8-13(9-11)21-14(25)10-26-16-24-23-15(27-16)22-12-6-2-1-3-7-12/h4-5,8-9,12H,1-3,6-7,10H2,(H,21,25)(H,22,23). The molecule has 1 fully saturated rings. The summed E-state index contributed by atoms with van der Waals surface area (Å²) >= 11 is 2.59. The number of nitrogens with one attached hydrogen (secondary N) is 2. The second kappa shape index (κ2) is 8.92. The second-order valence-corrected chi connectivity index (χ2v) is 8.47. The Labute approximate surface area is 163 Å². The van der Waals surface area contributed by atoms with Crippen LogP contribution in [-0.2, 0) is 11.0 Å². The molecular weight excluding hydrogens is 397 g/mol. The molecule has 5 nitrogen and oxygen atoms in total. The largest absolute Gasteiger partial charge is 0.416 e. The summed E-state index contributed by atoms with van der Waals surface area (Å²) in [5.74, 6) is -0.342. The van der Waals surface area contributed by atoms with E-state index in [9.17, 15) is 18.0 Å². The van der Waals surface area contributed by atoms with E-state index in [0.29, 0.717) is 10.4 Å². The number of anilines is 2. The number of carbonyl (C=O) groups excluding carboxylic acids is 1. The molecule has 0 unspecified atom stereocenters. The highest BCUT2D eigenvalue weighted by Crippen LogP contribution is 2.31. The fourth-order valence-corrected chi connectivity index (χ4v) is 4.47. The van der Waals surface area contributed by atoms with Gasteiger partial charge in [-0.15, -0.1) is 10.2 Å². The Hall–Kier alpha value is -1.81. The van der Waals surface area contributed by atoms with Crippen molar-refractivity contribution >= 4 is 39.8 Å². The first kappa shape index (κ1) is 19.9. The molecule has 0 spiro atoms. The highest BCUT2D eigenvalue weighted by atomic mass is 32.2. The van der Waals surface area contributed by atoms with E-state index in [1.165, 1.54) is 54.5 Å². The minimum absolute atomic E-state index is 0.0499. The predicted molar refractivity (Wildman–Crippen MR) is 101 cm³/mol. The van der Waals surface area contributed by atoms with Crippen molar-refractivity contribution in [2.24, 2.45) is 0 Å². The van der Waals surface area contributed by atoms with Gasteiger partial charge in [-0.3, -0.25) is 4.79 Å². The van der Waals surface area contributed by atoms with Crippen LogP contribution in [0.3, 0.4) is 0 Å². The summed E-state index contributed by atoms with van der Waals surface area (Å²) in [6.07, 6.45) is 1.52. The number of hydrogen-bond donors (Lipinski definition) is 2. The molecule has 10 heteroatoms. The van der Waals surface area contributed by atoms with E-state index in [2.05, 4.69) is 20.8 Å². The summed E-state index contributed by atoms with van der Waals surface area (Å²) in [5.41, 5.74) is -0.678. The van der Waals surface area contributed by atoms with Crippen molar-refractivity contribution in [3.8, 4) is 0 Å². The lowest BCUT2D eigenvalue weighted by molar-refractivity contribution is -0.137. The molecule has 1 amide bonds. The maximum Gasteiger partial charge on any atom is 0.416 e. The molecule has 2 aromatic rings. The van der Waals surface area contributed by atoms with Gasteiger partial charge < -0.3 is 10.6 Å². The molecule has 27 heavy (non-hydrogen) atoms. The van der Waals surface area contributed by atoms with Crippen LogP contribution >= 0.6 is 23.1 Å². The Morgan fingerprint density at radius 3 is 2.74 bits per heavy atom. The summed E-state index contributed by atoms with van der Waals surface area (Å²) in [7, 11) is 0. The van der Waals surface area contributed by atoms with E-state index in [4.69, 9.17) is 0 Å². The monoisotopic (exact) mass is 416 g/mol. The lowest BCUT2D eigenvalue weighted by Gasteiger charge is -2.21. The molecule has 1 saturated carbocycles. The van der Waals surface area contributed by atoms with Crippen molar-refractivity contribution in [2.45, 2.75) is 48.7 Å². The van der Waals surface area contributed by atoms with E-state index < -0.39 is 17.6 Å². The van der Waals surface area contributed by atoms with E-state index in [1.807, 2.05) is 0 Å². The van der Waals surface area contributed by atoms with Gasteiger partial charge in [0.25, 0.3) is 0 Å². The number of hydrogen-bond acceptors (Lipinski definition) is 6. The van der Waals surface area contributed by atoms with Crippen LogP contribution in [0.2, 0.25) is 0 Å². The Morgan fingerprint density at radius 2 is 2.00 bits per heavy atom. The fourth-order valence-electron chi connectivity index (χ4n) is 2.85. The van der Waals surface area contributed by atoms with Gasteiger partial charge in [-0.1, -0.05) is 48.4 Å². The maximum atomic E-state index is 12.7. The number of halogens is 3. The molecule has 1 aromatic heterocycles. The van der Waals surface area contributed by atoms with Crippen molar-refractivity contribution in [1.29, 1.82) is 0 Å². The molecule has 0 bridgehead atoms. The van der Waals surface area contributed by atoms with Crippen molar-refractivity contribution in [3.05, 3.63) is 29.8 Å². The van der Waals surface area contributed by atoms with Crippen LogP contribution in [0.5, 0.6) is 0 Å². The van der Waals surface area contributed by atoms with Crippen LogP contribution in [0, 0.1) is 0 Å².